The zero-order valence-corrected chi connectivity index (χ0v) is 10.9. The maximum atomic E-state index is 5.60. The minimum Gasteiger partial charge on any atom is -0.491 e. The summed E-state index contributed by atoms with van der Waals surface area (Å²) in [6, 6.07) is 9.88. The maximum absolute atomic E-state index is 5.60. The number of benzene rings is 1. The van der Waals surface area contributed by atoms with Gasteiger partial charge in [-0.15, -0.1) is 0 Å². The van der Waals surface area contributed by atoms with Gasteiger partial charge in [-0.2, -0.15) is 0 Å². The second-order valence-corrected chi connectivity index (χ2v) is 4.64. The van der Waals surface area contributed by atoms with Gasteiger partial charge in [-0.3, -0.25) is 0 Å². The van der Waals surface area contributed by atoms with E-state index in [9.17, 15) is 0 Å². The van der Waals surface area contributed by atoms with Crippen LogP contribution in [0.5, 0.6) is 5.75 Å². The topological polar surface area (TPSA) is 39.5 Å². The fourth-order valence-electron chi connectivity index (χ4n) is 2.19. The lowest BCUT2D eigenvalue weighted by atomic mass is 10.3. The van der Waals surface area contributed by atoms with Crippen molar-refractivity contribution in [2.45, 2.75) is 0 Å². The number of piperazine rings is 1. The summed E-state index contributed by atoms with van der Waals surface area (Å²) in [6.07, 6.45) is 0. The zero-order chi connectivity index (χ0) is 12.5. The lowest BCUT2D eigenvalue weighted by Gasteiger charge is -2.21. The van der Waals surface area contributed by atoms with Gasteiger partial charge < -0.3 is 19.7 Å². The summed E-state index contributed by atoms with van der Waals surface area (Å²) in [6.45, 7) is 8.32. The first-order valence-electron chi connectivity index (χ1n) is 6.86. The summed E-state index contributed by atoms with van der Waals surface area (Å²) in [5.74, 6) is 0.915. The molecule has 1 fully saturated rings. The Balaban J connectivity index is 1.46. The molecule has 1 aromatic carbocycles. The molecular weight excluding hydrogens is 228 g/mol. The van der Waals surface area contributed by atoms with E-state index >= 15 is 0 Å². The highest BCUT2D eigenvalue weighted by Crippen LogP contribution is 2.07. The normalized spacial score (nSPS) is 16.7. The predicted molar refractivity (Wildman–Crippen MR) is 70.0 cm³/mol. The molecule has 0 spiro atoms. The van der Waals surface area contributed by atoms with Gasteiger partial charge in [0.05, 0.1) is 13.2 Å². The Morgan fingerprint density at radius 3 is 2.56 bits per heavy atom. The van der Waals surface area contributed by atoms with Crippen molar-refractivity contribution in [1.29, 1.82) is 0 Å². The van der Waals surface area contributed by atoms with E-state index in [2.05, 4.69) is 5.32 Å². The molecule has 0 atom stereocenters. The van der Waals surface area contributed by atoms with Crippen molar-refractivity contribution in [3.05, 3.63) is 30.3 Å². The van der Waals surface area contributed by atoms with Gasteiger partial charge in [0, 0.05) is 0 Å². The van der Waals surface area contributed by atoms with Crippen molar-refractivity contribution in [2.24, 2.45) is 0 Å². The van der Waals surface area contributed by atoms with Crippen LogP contribution in [0.15, 0.2) is 30.3 Å². The molecule has 4 nitrogen and oxygen atoms in total. The first-order chi connectivity index (χ1) is 8.95. The molecule has 0 amide bonds. The van der Waals surface area contributed by atoms with Crippen molar-refractivity contribution in [3.63, 3.8) is 0 Å². The number of hydrogen-bond acceptors (Lipinski definition) is 2. The lowest BCUT2D eigenvalue weighted by molar-refractivity contribution is -0.947. The largest absolute Gasteiger partial charge is 0.491 e. The Bertz CT molecular complexity index is 313. The molecule has 0 aliphatic carbocycles. The minimum atomic E-state index is 0.632. The van der Waals surface area contributed by atoms with Crippen molar-refractivity contribution in [2.75, 3.05) is 52.5 Å². The molecule has 2 rings (SSSR count). The third kappa shape index (κ3) is 5.04. The average Bonchev–Trinajstić information content (AvgIpc) is 2.45. The third-order valence-electron chi connectivity index (χ3n) is 3.24. The van der Waals surface area contributed by atoms with E-state index in [-0.39, 0.29) is 0 Å². The lowest BCUT2D eigenvalue weighted by Crippen LogP contribution is -3.20. The van der Waals surface area contributed by atoms with Crippen LogP contribution in [-0.4, -0.2) is 52.5 Å². The van der Waals surface area contributed by atoms with Crippen molar-refractivity contribution in [3.8, 4) is 5.75 Å². The molecule has 0 saturated carbocycles. The van der Waals surface area contributed by atoms with Crippen LogP contribution < -0.4 is 15.0 Å². The van der Waals surface area contributed by atoms with Gasteiger partial charge in [-0.25, -0.2) is 0 Å². The fraction of sp³-hybridized carbons (Fsp3) is 0.571. The smallest absolute Gasteiger partial charge is 0.127 e. The molecule has 1 heterocycles. The number of nitrogens with two attached hydrogens (primary N) is 1. The van der Waals surface area contributed by atoms with Crippen LogP contribution in [-0.2, 0) is 4.74 Å². The van der Waals surface area contributed by atoms with E-state index < -0.39 is 0 Å². The Morgan fingerprint density at radius 2 is 1.78 bits per heavy atom. The molecule has 100 valence electrons. The Hall–Kier alpha value is -1.10. The number of quaternary nitrogens is 2. The summed E-state index contributed by atoms with van der Waals surface area (Å²) in [4.78, 5) is 1.67. The summed E-state index contributed by atoms with van der Waals surface area (Å²) < 4.78 is 11.2. The van der Waals surface area contributed by atoms with Gasteiger partial charge in [0.1, 0.15) is 45.1 Å². The molecule has 1 aliphatic rings. The van der Waals surface area contributed by atoms with Gasteiger partial charge in [-0.1, -0.05) is 18.2 Å². The second kappa shape index (κ2) is 8.08. The molecular formula is C14H24N2O2+2. The van der Waals surface area contributed by atoms with Gasteiger partial charge in [-0.05, 0) is 12.1 Å². The van der Waals surface area contributed by atoms with Crippen LogP contribution in [0.3, 0.4) is 0 Å². The highest BCUT2D eigenvalue weighted by atomic mass is 16.5. The molecule has 1 saturated heterocycles. The first-order valence-corrected chi connectivity index (χ1v) is 6.86. The van der Waals surface area contributed by atoms with E-state index in [0.717, 1.165) is 18.9 Å². The number of rotatable bonds is 7. The number of hydrogen-bond donors (Lipinski definition) is 2. The number of para-hydroxylation sites is 1. The van der Waals surface area contributed by atoms with Gasteiger partial charge in [0.2, 0.25) is 0 Å². The quantitative estimate of drug-likeness (QED) is 0.583. The second-order valence-electron chi connectivity index (χ2n) is 4.64. The Labute approximate surface area is 109 Å². The zero-order valence-electron chi connectivity index (χ0n) is 10.9. The van der Waals surface area contributed by atoms with Crippen molar-refractivity contribution < 1.29 is 19.7 Å². The number of nitrogens with one attached hydrogen (secondary N) is 1. The summed E-state index contributed by atoms with van der Waals surface area (Å²) >= 11 is 0. The molecule has 1 aliphatic heterocycles. The van der Waals surface area contributed by atoms with Crippen LogP contribution in [0.25, 0.3) is 0 Å². The van der Waals surface area contributed by atoms with Crippen LogP contribution in [0, 0.1) is 0 Å². The average molecular weight is 252 g/mol. The van der Waals surface area contributed by atoms with Crippen LogP contribution in [0.2, 0.25) is 0 Å². The molecule has 0 radical (unpaired) electrons. The molecule has 3 N–H and O–H groups in total. The van der Waals surface area contributed by atoms with E-state index in [1.165, 1.54) is 26.2 Å². The molecule has 0 aromatic heterocycles. The standard InChI is InChI=1S/C14H22N2O2/c1-2-4-14(5-3-1)18-13-12-17-11-10-16-8-6-15-7-9-16/h1-5,15H,6-13H2/p+2. The summed E-state index contributed by atoms with van der Waals surface area (Å²) in [5, 5.41) is 2.39. The van der Waals surface area contributed by atoms with Crippen molar-refractivity contribution >= 4 is 0 Å². The molecule has 0 bridgehead atoms. The monoisotopic (exact) mass is 252 g/mol. The Kier molecular flexibility index (Phi) is 5.99. The van der Waals surface area contributed by atoms with Gasteiger partial charge in [0.25, 0.3) is 0 Å². The molecule has 1 aromatic rings. The summed E-state index contributed by atoms with van der Waals surface area (Å²) in [7, 11) is 0. The Morgan fingerprint density at radius 1 is 1.00 bits per heavy atom. The highest BCUT2D eigenvalue weighted by molar-refractivity contribution is 5.20. The molecule has 0 unspecified atom stereocenters. The van der Waals surface area contributed by atoms with E-state index in [4.69, 9.17) is 9.47 Å². The van der Waals surface area contributed by atoms with E-state index in [1.54, 1.807) is 4.90 Å². The van der Waals surface area contributed by atoms with Crippen LogP contribution in [0.4, 0.5) is 0 Å². The first kappa shape index (κ1) is 13.3. The minimum absolute atomic E-state index is 0.632. The highest BCUT2D eigenvalue weighted by Gasteiger charge is 2.14. The van der Waals surface area contributed by atoms with E-state index in [1.807, 2.05) is 30.3 Å². The van der Waals surface area contributed by atoms with E-state index in [0.29, 0.717) is 13.2 Å². The van der Waals surface area contributed by atoms with Gasteiger partial charge >= 0.3 is 0 Å². The third-order valence-corrected chi connectivity index (χ3v) is 3.24. The number of ether oxygens (including phenoxy) is 2. The fourth-order valence-corrected chi connectivity index (χ4v) is 2.19. The molecule has 18 heavy (non-hydrogen) atoms. The van der Waals surface area contributed by atoms with Crippen LogP contribution in [0.1, 0.15) is 0 Å². The summed E-state index contributed by atoms with van der Waals surface area (Å²) in [5.41, 5.74) is 0. The van der Waals surface area contributed by atoms with Crippen LogP contribution >= 0.6 is 0 Å². The SMILES string of the molecule is c1ccc(OCCOCC[NH+]2CC[NH2+]CC2)cc1. The van der Waals surface area contributed by atoms with Crippen molar-refractivity contribution in [1.82, 2.24) is 0 Å². The van der Waals surface area contributed by atoms with Gasteiger partial charge in [0.15, 0.2) is 0 Å². The predicted octanol–water partition coefficient (Wildman–Crippen LogP) is -1.46. The molecule has 4 heteroatoms. The maximum Gasteiger partial charge on any atom is 0.127 e.